The number of nitrogens with zero attached hydrogens (tertiary/aromatic N) is 3. The van der Waals surface area contributed by atoms with E-state index < -0.39 is 0 Å². The Morgan fingerprint density at radius 2 is 1.58 bits per heavy atom. The molecule has 0 saturated heterocycles. The molecule has 7 heteroatoms. The normalized spacial score (nSPS) is 10.4. The van der Waals surface area contributed by atoms with E-state index in [0.717, 1.165) is 16.1 Å². The van der Waals surface area contributed by atoms with Crippen LogP contribution in [0.4, 0.5) is 5.69 Å². The molecular weight excluding hydrogens is 430 g/mol. The van der Waals surface area contributed by atoms with E-state index in [9.17, 15) is 5.11 Å². The molecule has 0 atom stereocenters. The van der Waals surface area contributed by atoms with E-state index in [0.29, 0.717) is 12.5 Å². The number of guanidine groups is 1. The summed E-state index contributed by atoms with van der Waals surface area (Å²) in [5.41, 5.74) is 4.11. The lowest BCUT2D eigenvalue weighted by atomic mass is 10.1. The van der Waals surface area contributed by atoms with Crippen molar-refractivity contribution in [3.63, 3.8) is 0 Å². The Hall–Kier alpha value is -4.28. The number of aromatic hydroxyl groups is 1. The van der Waals surface area contributed by atoms with Crippen LogP contribution in [0.3, 0.4) is 0 Å². The highest BCUT2D eigenvalue weighted by Crippen LogP contribution is 2.25. The van der Waals surface area contributed by atoms with Gasteiger partial charge in [-0.2, -0.15) is 5.26 Å². The van der Waals surface area contributed by atoms with Gasteiger partial charge < -0.3 is 10.4 Å². The van der Waals surface area contributed by atoms with E-state index in [-0.39, 0.29) is 5.75 Å². The van der Waals surface area contributed by atoms with Gasteiger partial charge in [0, 0.05) is 23.0 Å². The molecule has 0 aliphatic rings. The Labute approximate surface area is 198 Å². The van der Waals surface area contributed by atoms with Crippen molar-refractivity contribution in [3.8, 4) is 23.1 Å². The van der Waals surface area contributed by atoms with E-state index in [4.69, 9.17) is 5.26 Å². The summed E-state index contributed by atoms with van der Waals surface area (Å²) in [4.78, 5) is 9.21. The minimum atomic E-state index is 0.211. The van der Waals surface area contributed by atoms with Gasteiger partial charge in [0.1, 0.15) is 5.75 Å². The number of thiol groups is 1. The van der Waals surface area contributed by atoms with Crippen LogP contribution < -0.4 is 10.6 Å². The molecule has 0 spiro atoms. The third kappa shape index (κ3) is 7.73. The zero-order valence-corrected chi connectivity index (χ0v) is 18.7. The van der Waals surface area contributed by atoms with Gasteiger partial charge in [-0.1, -0.05) is 60.7 Å². The van der Waals surface area contributed by atoms with Crippen molar-refractivity contribution >= 4 is 24.3 Å². The standard InChI is InChI=1S/C14H13N5O.C12H10S/c15-10-18-14(19-12-5-7-16-8-6-12)17-9-11-1-3-13(20)4-2-11;13-12-9-5-4-8-11(12)10-6-2-1-3-7-10/h1-8,20H,9H2,(H2,16,17,18,19);1-9,13H. The maximum atomic E-state index is 9.20. The quantitative estimate of drug-likeness (QED) is 0.108. The van der Waals surface area contributed by atoms with Gasteiger partial charge >= 0.3 is 0 Å². The number of aliphatic imine (C=N–C) groups is 1. The van der Waals surface area contributed by atoms with Crippen molar-refractivity contribution in [2.45, 2.75) is 11.4 Å². The molecular formula is C26H23N5OS. The van der Waals surface area contributed by atoms with Gasteiger partial charge in [-0.15, -0.1) is 12.6 Å². The fraction of sp³-hybridized carbons (Fsp3) is 0.0385. The van der Waals surface area contributed by atoms with Gasteiger partial charge in [0.15, 0.2) is 6.19 Å². The molecule has 0 fully saturated rings. The number of rotatable bonds is 4. The number of hydrogen-bond donors (Lipinski definition) is 4. The summed E-state index contributed by atoms with van der Waals surface area (Å²) in [5.74, 6) is 0.565. The lowest BCUT2D eigenvalue weighted by Crippen LogP contribution is -2.26. The molecule has 0 amide bonds. The Bertz CT molecular complexity index is 1210. The molecule has 3 N–H and O–H groups in total. The molecule has 6 nitrogen and oxygen atoms in total. The van der Waals surface area contributed by atoms with Crippen molar-refractivity contribution in [1.82, 2.24) is 10.3 Å². The van der Waals surface area contributed by atoms with Gasteiger partial charge in [-0.25, -0.2) is 4.99 Å². The SMILES string of the molecule is N#CNC(=NCc1ccc(O)cc1)Nc1ccncc1.Sc1ccccc1-c1ccccc1. The summed E-state index contributed by atoms with van der Waals surface area (Å²) >= 11 is 4.41. The molecule has 164 valence electrons. The predicted octanol–water partition coefficient (Wildman–Crippen LogP) is 5.47. The van der Waals surface area contributed by atoms with Crippen LogP contribution in [-0.4, -0.2) is 16.1 Å². The fourth-order valence-electron chi connectivity index (χ4n) is 2.84. The molecule has 4 rings (SSSR count). The van der Waals surface area contributed by atoms with Gasteiger partial charge in [0.25, 0.3) is 0 Å². The number of phenolic OH excluding ortho intramolecular Hbond substituents is 1. The average Bonchev–Trinajstić information content (AvgIpc) is 2.86. The third-order valence-electron chi connectivity index (χ3n) is 4.46. The molecule has 33 heavy (non-hydrogen) atoms. The Balaban J connectivity index is 0.000000203. The van der Waals surface area contributed by atoms with Crippen LogP contribution in [0.5, 0.6) is 5.75 Å². The minimum Gasteiger partial charge on any atom is -0.508 e. The number of aromatic nitrogens is 1. The van der Waals surface area contributed by atoms with Gasteiger partial charge in [0.05, 0.1) is 6.54 Å². The zero-order valence-electron chi connectivity index (χ0n) is 17.8. The second-order valence-corrected chi connectivity index (χ2v) is 7.29. The number of phenols is 1. The first-order valence-corrected chi connectivity index (χ1v) is 10.6. The topological polar surface area (TPSA) is 93.3 Å². The zero-order chi connectivity index (χ0) is 23.3. The van der Waals surface area contributed by atoms with Crippen molar-refractivity contribution < 1.29 is 5.11 Å². The summed E-state index contributed by atoms with van der Waals surface area (Å²) in [6.07, 6.45) is 5.12. The summed E-state index contributed by atoms with van der Waals surface area (Å²) in [6.45, 7) is 0.391. The van der Waals surface area contributed by atoms with Crippen LogP contribution in [0.15, 0.2) is 113 Å². The highest BCUT2D eigenvalue weighted by atomic mass is 32.1. The summed E-state index contributed by atoms with van der Waals surface area (Å²) in [7, 11) is 0. The number of hydrogen-bond acceptors (Lipinski definition) is 5. The maximum Gasteiger partial charge on any atom is 0.209 e. The number of anilines is 1. The minimum absolute atomic E-state index is 0.211. The first kappa shape index (κ1) is 23.4. The number of pyridine rings is 1. The number of nitriles is 1. The van der Waals surface area contributed by atoms with Crippen molar-refractivity contribution in [1.29, 1.82) is 5.26 Å². The summed E-state index contributed by atoms with van der Waals surface area (Å²) in [6, 6.07) is 28.7. The van der Waals surface area contributed by atoms with Crippen molar-refractivity contribution in [2.24, 2.45) is 4.99 Å². The monoisotopic (exact) mass is 453 g/mol. The first-order valence-electron chi connectivity index (χ1n) is 10.1. The molecule has 1 aromatic heterocycles. The van der Waals surface area contributed by atoms with Crippen LogP contribution in [0.1, 0.15) is 5.56 Å². The predicted molar refractivity (Wildman–Crippen MR) is 135 cm³/mol. The molecule has 0 bridgehead atoms. The fourth-order valence-corrected chi connectivity index (χ4v) is 3.13. The van der Waals surface area contributed by atoms with E-state index in [2.05, 4.69) is 51.4 Å². The lowest BCUT2D eigenvalue weighted by Gasteiger charge is -2.07. The molecule has 1 heterocycles. The first-order chi connectivity index (χ1) is 16.2. The highest BCUT2D eigenvalue weighted by molar-refractivity contribution is 7.80. The van der Waals surface area contributed by atoms with Crippen molar-refractivity contribution in [3.05, 3.63) is 109 Å². The molecule has 0 saturated carbocycles. The van der Waals surface area contributed by atoms with Crippen molar-refractivity contribution in [2.75, 3.05) is 5.32 Å². The molecule has 0 aliphatic heterocycles. The lowest BCUT2D eigenvalue weighted by molar-refractivity contribution is 0.475. The van der Waals surface area contributed by atoms with E-state index in [1.165, 1.54) is 11.1 Å². The smallest absolute Gasteiger partial charge is 0.209 e. The second-order valence-electron chi connectivity index (χ2n) is 6.81. The Morgan fingerprint density at radius 3 is 2.24 bits per heavy atom. The summed E-state index contributed by atoms with van der Waals surface area (Å²) < 4.78 is 0. The largest absolute Gasteiger partial charge is 0.508 e. The van der Waals surface area contributed by atoms with Crippen LogP contribution in [0, 0.1) is 11.5 Å². The molecule has 4 aromatic rings. The number of nitrogens with one attached hydrogen (secondary N) is 2. The Morgan fingerprint density at radius 1 is 0.909 bits per heavy atom. The van der Waals surface area contributed by atoms with E-state index in [1.807, 2.05) is 42.6 Å². The highest BCUT2D eigenvalue weighted by Gasteiger charge is 2.00. The van der Waals surface area contributed by atoms with Crippen LogP contribution in [-0.2, 0) is 6.54 Å². The van der Waals surface area contributed by atoms with Crippen LogP contribution in [0.2, 0.25) is 0 Å². The number of benzene rings is 3. The Kier molecular flexibility index (Phi) is 8.89. The van der Waals surface area contributed by atoms with E-state index >= 15 is 0 Å². The molecule has 0 aliphatic carbocycles. The molecule has 3 aromatic carbocycles. The van der Waals surface area contributed by atoms with E-state index in [1.54, 1.807) is 48.8 Å². The summed E-state index contributed by atoms with van der Waals surface area (Å²) in [5, 5.41) is 23.4. The van der Waals surface area contributed by atoms with Crippen LogP contribution in [0.25, 0.3) is 11.1 Å². The van der Waals surface area contributed by atoms with Gasteiger partial charge in [-0.05, 0) is 47.0 Å². The van der Waals surface area contributed by atoms with Gasteiger partial charge in [0.2, 0.25) is 5.96 Å². The molecule has 0 unspecified atom stereocenters. The van der Waals surface area contributed by atoms with Gasteiger partial charge in [-0.3, -0.25) is 10.3 Å². The molecule has 0 radical (unpaired) electrons. The van der Waals surface area contributed by atoms with Crippen LogP contribution >= 0.6 is 12.6 Å². The second kappa shape index (κ2) is 12.5. The third-order valence-corrected chi connectivity index (χ3v) is 4.85. The average molecular weight is 454 g/mol. The maximum absolute atomic E-state index is 9.20.